The summed E-state index contributed by atoms with van der Waals surface area (Å²) in [5.41, 5.74) is 1.30. The number of rotatable bonds is 12. The van der Waals surface area contributed by atoms with Gasteiger partial charge in [-0.25, -0.2) is 4.79 Å². The largest absolute Gasteiger partial charge is 0.497 e. The topological polar surface area (TPSA) is 102 Å². The highest BCUT2D eigenvalue weighted by Crippen LogP contribution is 2.34. The van der Waals surface area contributed by atoms with Crippen molar-refractivity contribution in [1.29, 1.82) is 0 Å². The van der Waals surface area contributed by atoms with Crippen molar-refractivity contribution in [3.8, 4) is 5.75 Å². The average molecular weight is 454 g/mol. The molecule has 3 atom stereocenters. The third kappa shape index (κ3) is 7.15. The molecule has 0 heterocycles. The van der Waals surface area contributed by atoms with Crippen LogP contribution in [0.2, 0.25) is 0 Å². The Labute approximate surface area is 194 Å². The Kier molecular flexibility index (Phi) is 8.60. The molecule has 0 spiro atoms. The number of esters is 1. The van der Waals surface area contributed by atoms with Gasteiger partial charge in [-0.15, -0.1) is 0 Å². The van der Waals surface area contributed by atoms with Crippen molar-refractivity contribution in [3.63, 3.8) is 0 Å². The molecule has 0 aromatic heterocycles. The van der Waals surface area contributed by atoms with Gasteiger partial charge in [0.1, 0.15) is 5.75 Å². The molecule has 1 aliphatic carbocycles. The van der Waals surface area contributed by atoms with Crippen molar-refractivity contribution in [2.45, 2.75) is 44.2 Å². The van der Waals surface area contributed by atoms with Gasteiger partial charge in [-0.1, -0.05) is 49.2 Å². The Morgan fingerprint density at radius 2 is 1.79 bits per heavy atom. The van der Waals surface area contributed by atoms with Gasteiger partial charge in [-0.3, -0.25) is 9.59 Å². The molecule has 7 heteroatoms. The standard InChI is InChI=1S/C26H31NO6/c1-32-21-10-6-9-19(15-21)25(30)27-22(14-18-11-12-18)23(28)16-20(24(29)26(31)33-2)13-17-7-4-3-5-8-17/h3-10,15,18,20,22,24,29H,11-14,16H2,1-2H3,(H,27,30)/t20?,22-,24?/m0/s1. The number of carbonyl (C=O) groups is 3. The smallest absolute Gasteiger partial charge is 0.334 e. The second kappa shape index (κ2) is 11.6. The van der Waals surface area contributed by atoms with Crippen molar-refractivity contribution in [1.82, 2.24) is 5.32 Å². The Hall–Kier alpha value is -3.19. The highest BCUT2D eigenvalue weighted by atomic mass is 16.5. The first-order chi connectivity index (χ1) is 15.9. The number of benzene rings is 2. The van der Waals surface area contributed by atoms with Crippen LogP contribution in [0.25, 0.3) is 0 Å². The number of aliphatic hydroxyl groups is 1. The molecule has 0 saturated heterocycles. The summed E-state index contributed by atoms with van der Waals surface area (Å²) in [5, 5.41) is 13.4. The van der Waals surface area contributed by atoms with Crippen molar-refractivity contribution < 1.29 is 29.0 Å². The van der Waals surface area contributed by atoms with Crippen LogP contribution < -0.4 is 10.1 Å². The molecule has 1 amide bonds. The van der Waals surface area contributed by atoms with E-state index in [9.17, 15) is 19.5 Å². The first kappa shape index (κ1) is 24.5. The highest BCUT2D eigenvalue weighted by Gasteiger charge is 2.35. The maximum Gasteiger partial charge on any atom is 0.334 e. The molecule has 1 fully saturated rings. The van der Waals surface area contributed by atoms with Crippen molar-refractivity contribution in [2.75, 3.05) is 14.2 Å². The van der Waals surface area contributed by atoms with E-state index in [4.69, 9.17) is 9.47 Å². The van der Waals surface area contributed by atoms with Gasteiger partial charge in [0.15, 0.2) is 11.9 Å². The molecule has 1 aliphatic rings. The normalized spacial score (nSPS) is 15.7. The van der Waals surface area contributed by atoms with E-state index in [0.717, 1.165) is 18.4 Å². The first-order valence-electron chi connectivity index (χ1n) is 11.2. The van der Waals surface area contributed by atoms with E-state index in [0.29, 0.717) is 30.1 Å². The summed E-state index contributed by atoms with van der Waals surface area (Å²) in [7, 11) is 2.73. The summed E-state index contributed by atoms with van der Waals surface area (Å²) >= 11 is 0. The van der Waals surface area contributed by atoms with Gasteiger partial charge < -0.3 is 19.9 Å². The zero-order valence-electron chi connectivity index (χ0n) is 19.0. The van der Waals surface area contributed by atoms with Gasteiger partial charge in [-0.2, -0.15) is 0 Å². The Morgan fingerprint density at radius 3 is 2.42 bits per heavy atom. The monoisotopic (exact) mass is 453 g/mol. The average Bonchev–Trinajstić information content (AvgIpc) is 3.67. The van der Waals surface area contributed by atoms with Gasteiger partial charge in [-0.05, 0) is 42.5 Å². The van der Waals surface area contributed by atoms with Gasteiger partial charge in [0.25, 0.3) is 5.91 Å². The van der Waals surface area contributed by atoms with Crippen LogP contribution in [0.4, 0.5) is 0 Å². The summed E-state index contributed by atoms with van der Waals surface area (Å²) < 4.78 is 9.89. The molecule has 0 bridgehead atoms. The van der Waals surface area contributed by atoms with Crippen LogP contribution in [0.3, 0.4) is 0 Å². The van der Waals surface area contributed by atoms with Crippen LogP contribution in [-0.2, 0) is 20.7 Å². The van der Waals surface area contributed by atoms with Gasteiger partial charge in [0, 0.05) is 17.9 Å². The van der Waals surface area contributed by atoms with Crippen LogP contribution in [0, 0.1) is 11.8 Å². The maximum absolute atomic E-state index is 13.3. The molecule has 176 valence electrons. The zero-order valence-corrected chi connectivity index (χ0v) is 19.0. The predicted octanol–water partition coefficient (Wildman–Crippen LogP) is 2.95. The highest BCUT2D eigenvalue weighted by molar-refractivity contribution is 5.98. The fourth-order valence-corrected chi connectivity index (χ4v) is 3.89. The van der Waals surface area contributed by atoms with E-state index < -0.39 is 24.0 Å². The number of methoxy groups -OCH3 is 2. The number of hydrogen-bond donors (Lipinski definition) is 2. The summed E-state index contributed by atoms with van der Waals surface area (Å²) in [6.07, 6.45) is 1.44. The minimum atomic E-state index is -1.44. The van der Waals surface area contributed by atoms with Gasteiger partial charge >= 0.3 is 5.97 Å². The van der Waals surface area contributed by atoms with E-state index in [-0.39, 0.29) is 18.1 Å². The maximum atomic E-state index is 13.3. The molecule has 2 unspecified atom stereocenters. The van der Waals surface area contributed by atoms with Crippen LogP contribution in [0.15, 0.2) is 54.6 Å². The minimum Gasteiger partial charge on any atom is -0.497 e. The molecule has 33 heavy (non-hydrogen) atoms. The lowest BCUT2D eigenvalue weighted by atomic mass is 9.86. The zero-order chi connectivity index (χ0) is 23.8. The van der Waals surface area contributed by atoms with Crippen LogP contribution in [0.1, 0.15) is 41.6 Å². The molecular weight excluding hydrogens is 422 g/mol. The van der Waals surface area contributed by atoms with Gasteiger partial charge in [0.2, 0.25) is 0 Å². The molecular formula is C26H31NO6. The van der Waals surface area contributed by atoms with Crippen molar-refractivity contribution in [2.24, 2.45) is 11.8 Å². The Bertz CT molecular complexity index is 956. The van der Waals surface area contributed by atoms with E-state index in [1.807, 2.05) is 30.3 Å². The quantitative estimate of drug-likeness (QED) is 0.479. The fraction of sp³-hybridized carbons (Fsp3) is 0.423. The molecule has 7 nitrogen and oxygen atoms in total. The van der Waals surface area contributed by atoms with E-state index in [1.54, 1.807) is 24.3 Å². The minimum absolute atomic E-state index is 0.0546. The summed E-state index contributed by atoms with van der Waals surface area (Å²) in [5.74, 6) is -1.06. The number of ketones is 1. The molecule has 0 radical (unpaired) electrons. The Balaban J connectivity index is 1.75. The predicted molar refractivity (Wildman–Crippen MR) is 123 cm³/mol. The van der Waals surface area contributed by atoms with Crippen molar-refractivity contribution in [3.05, 3.63) is 65.7 Å². The second-order valence-electron chi connectivity index (χ2n) is 8.53. The number of aliphatic hydroxyl groups excluding tert-OH is 1. The van der Waals surface area contributed by atoms with E-state index in [2.05, 4.69) is 5.32 Å². The lowest BCUT2D eigenvalue weighted by molar-refractivity contribution is -0.153. The van der Waals surface area contributed by atoms with Crippen LogP contribution >= 0.6 is 0 Å². The SMILES string of the molecule is COC(=O)C(O)C(CC(=O)[C@H](CC1CC1)NC(=O)c1cccc(OC)c1)Cc1ccccc1. The first-order valence-corrected chi connectivity index (χ1v) is 11.2. The summed E-state index contributed by atoms with van der Waals surface area (Å²) in [6.45, 7) is 0. The number of nitrogens with one attached hydrogen (secondary N) is 1. The molecule has 2 aromatic carbocycles. The lowest BCUT2D eigenvalue weighted by Crippen LogP contribution is -2.43. The molecule has 1 saturated carbocycles. The number of carbonyl (C=O) groups excluding carboxylic acids is 3. The van der Waals surface area contributed by atoms with Crippen LogP contribution in [-0.4, -0.2) is 49.1 Å². The van der Waals surface area contributed by atoms with E-state index in [1.165, 1.54) is 14.2 Å². The number of ether oxygens (including phenoxy) is 2. The van der Waals surface area contributed by atoms with Crippen LogP contribution in [0.5, 0.6) is 5.75 Å². The van der Waals surface area contributed by atoms with E-state index >= 15 is 0 Å². The summed E-state index contributed by atoms with van der Waals surface area (Å²) in [4.78, 5) is 38.2. The molecule has 2 N–H and O–H groups in total. The molecule has 3 rings (SSSR count). The third-order valence-electron chi connectivity index (χ3n) is 5.99. The number of Topliss-reactive ketones (excluding diaryl/α,β-unsaturated/α-hetero) is 1. The Morgan fingerprint density at radius 1 is 1.06 bits per heavy atom. The lowest BCUT2D eigenvalue weighted by Gasteiger charge is -2.24. The third-order valence-corrected chi connectivity index (χ3v) is 5.99. The molecule has 2 aromatic rings. The van der Waals surface area contributed by atoms with Crippen molar-refractivity contribution >= 4 is 17.7 Å². The number of hydrogen-bond acceptors (Lipinski definition) is 6. The van der Waals surface area contributed by atoms with Gasteiger partial charge in [0.05, 0.1) is 20.3 Å². The number of amides is 1. The fourth-order valence-electron chi connectivity index (χ4n) is 3.89. The summed E-state index contributed by atoms with van der Waals surface area (Å²) in [6, 6.07) is 15.4. The molecule has 0 aliphatic heterocycles. The second-order valence-corrected chi connectivity index (χ2v) is 8.53.